The maximum Gasteiger partial charge on any atom is 0.516 e. The van der Waals surface area contributed by atoms with Gasteiger partial charge in [-0.3, -0.25) is 0 Å². The Morgan fingerprint density at radius 2 is 1.73 bits per heavy atom. The third-order valence-electron chi connectivity index (χ3n) is 0.540. The van der Waals surface area contributed by atoms with E-state index in [9.17, 15) is 26.4 Å². The summed E-state index contributed by atoms with van der Waals surface area (Å²) in [6.45, 7) is 0. The molecule has 11 heavy (non-hydrogen) atoms. The predicted octanol–water partition coefficient (Wildman–Crippen LogP) is -0.496. The van der Waals surface area contributed by atoms with E-state index in [2.05, 4.69) is 5.73 Å². The number of carbonyl (C=O) groups excluding carboxylic acids is 1. The fraction of sp³-hybridized carbons (Fsp3) is 0.500. The van der Waals surface area contributed by atoms with Crippen molar-refractivity contribution in [1.29, 1.82) is 0 Å². The van der Waals surface area contributed by atoms with Crippen LogP contribution in [0.15, 0.2) is 0 Å². The van der Waals surface area contributed by atoms with Crippen LogP contribution in [0.3, 0.4) is 0 Å². The van der Waals surface area contributed by atoms with Crippen LogP contribution in [0.4, 0.5) is 18.0 Å². The highest BCUT2D eigenvalue weighted by molar-refractivity contribution is 7.90. The molecule has 0 rings (SSSR count). The van der Waals surface area contributed by atoms with Crippen molar-refractivity contribution < 1.29 is 26.4 Å². The van der Waals surface area contributed by atoms with E-state index < -0.39 is 21.6 Å². The van der Waals surface area contributed by atoms with Gasteiger partial charge in [0.05, 0.1) is 0 Å². The summed E-state index contributed by atoms with van der Waals surface area (Å²) >= 11 is 0. The highest BCUT2D eigenvalue weighted by atomic mass is 32.2. The summed E-state index contributed by atoms with van der Waals surface area (Å²) in [5.74, 6) is 0. The summed E-state index contributed by atoms with van der Waals surface area (Å²) in [6.07, 6.45) is 0. The van der Waals surface area contributed by atoms with Crippen molar-refractivity contribution in [1.82, 2.24) is 4.72 Å². The van der Waals surface area contributed by atoms with E-state index in [0.29, 0.717) is 4.72 Å². The summed E-state index contributed by atoms with van der Waals surface area (Å²) in [7, 11) is -5.62. The van der Waals surface area contributed by atoms with Gasteiger partial charge in [-0.05, 0) is 0 Å². The lowest BCUT2D eigenvalue weighted by Gasteiger charge is -2.06. The van der Waals surface area contributed by atoms with E-state index in [4.69, 9.17) is 0 Å². The molecule has 0 fully saturated rings. The molecule has 0 heterocycles. The number of rotatable bonds is 1. The molecular formula is C2H3F3N2O3S. The Morgan fingerprint density at radius 3 is 1.82 bits per heavy atom. The average Bonchev–Trinajstić information content (AvgIpc) is 1.56. The van der Waals surface area contributed by atoms with Gasteiger partial charge >= 0.3 is 21.6 Å². The lowest BCUT2D eigenvalue weighted by atomic mass is 11.2. The summed E-state index contributed by atoms with van der Waals surface area (Å²) in [4.78, 5) is 9.69. The number of carbonyl (C=O) groups is 1. The molecular weight excluding hydrogens is 189 g/mol. The molecule has 0 saturated carbocycles. The molecule has 0 aromatic carbocycles. The van der Waals surface area contributed by atoms with Crippen LogP contribution in [0, 0.1) is 0 Å². The van der Waals surface area contributed by atoms with E-state index in [1.54, 1.807) is 0 Å². The molecule has 0 saturated heterocycles. The zero-order valence-electron chi connectivity index (χ0n) is 4.84. The van der Waals surface area contributed by atoms with Crippen molar-refractivity contribution in [3.05, 3.63) is 0 Å². The van der Waals surface area contributed by atoms with Gasteiger partial charge in [-0.1, -0.05) is 0 Å². The van der Waals surface area contributed by atoms with Gasteiger partial charge in [-0.15, -0.1) is 0 Å². The highest BCUT2D eigenvalue weighted by Gasteiger charge is 2.46. The Labute approximate surface area is 59.4 Å². The second kappa shape index (κ2) is 2.57. The molecule has 0 bridgehead atoms. The number of halogens is 3. The van der Waals surface area contributed by atoms with Gasteiger partial charge in [0.15, 0.2) is 0 Å². The van der Waals surface area contributed by atoms with Crippen molar-refractivity contribution in [2.45, 2.75) is 5.51 Å². The first-order chi connectivity index (χ1) is 4.67. The quantitative estimate of drug-likeness (QED) is 0.587. The number of sulfonamides is 1. The van der Waals surface area contributed by atoms with Crippen LogP contribution in [0.5, 0.6) is 0 Å². The molecule has 0 radical (unpaired) electrons. The molecule has 0 aliphatic rings. The van der Waals surface area contributed by atoms with E-state index in [1.807, 2.05) is 0 Å². The van der Waals surface area contributed by atoms with Crippen LogP contribution in [0.25, 0.3) is 0 Å². The molecule has 5 nitrogen and oxygen atoms in total. The molecule has 2 amide bonds. The molecule has 0 unspecified atom stereocenters. The summed E-state index contributed by atoms with van der Waals surface area (Å²) < 4.78 is 54.4. The summed E-state index contributed by atoms with van der Waals surface area (Å²) in [5.41, 5.74) is -1.37. The minimum atomic E-state index is -5.62. The lowest BCUT2D eigenvalue weighted by Crippen LogP contribution is -2.42. The molecule has 0 atom stereocenters. The van der Waals surface area contributed by atoms with Gasteiger partial charge in [-0.25, -0.2) is 9.52 Å². The van der Waals surface area contributed by atoms with Gasteiger partial charge < -0.3 is 5.73 Å². The van der Waals surface area contributed by atoms with Crippen LogP contribution < -0.4 is 10.5 Å². The number of amides is 2. The Hall–Kier alpha value is -0.990. The second-order valence-corrected chi connectivity index (χ2v) is 3.09. The highest BCUT2D eigenvalue weighted by Crippen LogP contribution is 2.20. The van der Waals surface area contributed by atoms with Crippen LogP contribution in [-0.4, -0.2) is 20.0 Å². The van der Waals surface area contributed by atoms with E-state index in [0.717, 1.165) is 0 Å². The zero-order chi connectivity index (χ0) is 9.28. The van der Waals surface area contributed by atoms with E-state index in [1.165, 1.54) is 0 Å². The fourth-order valence-electron chi connectivity index (χ4n) is 0.190. The number of hydrogen-bond donors (Lipinski definition) is 2. The predicted molar refractivity (Wildman–Crippen MR) is 27.7 cm³/mol. The molecule has 66 valence electrons. The van der Waals surface area contributed by atoms with E-state index >= 15 is 0 Å². The standard InChI is InChI=1S/C2H3F3N2O3S/c3-2(4,5)11(9,10)7-1(6)8/h(H3,6,7,8). The number of urea groups is 1. The molecule has 9 heteroatoms. The fourth-order valence-corrected chi connectivity index (χ4v) is 0.571. The Kier molecular flexibility index (Phi) is 2.33. The lowest BCUT2D eigenvalue weighted by molar-refractivity contribution is -0.0444. The Morgan fingerprint density at radius 1 is 1.36 bits per heavy atom. The summed E-state index contributed by atoms with van der Waals surface area (Å²) in [5, 5.41) is 0. The molecule has 3 N–H and O–H groups in total. The van der Waals surface area contributed by atoms with Gasteiger partial charge in [0.25, 0.3) is 0 Å². The monoisotopic (exact) mass is 192 g/mol. The van der Waals surface area contributed by atoms with Crippen molar-refractivity contribution in [2.24, 2.45) is 5.73 Å². The van der Waals surface area contributed by atoms with Crippen molar-refractivity contribution >= 4 is 16.1 Å². The molecule has 0 aliphatic carbocycles. The minimum absolute atomic E-state index is 0.545. The number of hydrogen-bond acceptors (Lipinski definition) is 3. The van der Waals surface area contributed by atoms with Crippen molar-refractivity contribution in [3.63, 3.8) is 0 Å². The van der Waals surface area contributed by atoms with Crippen molar-refractivity contribution in [2.75, 3.05) is 0 Å². The Balaban J connectivity index is 4.64. The first-order valence-corrected chi connectivity index (χ1v) is 3.53. The molecule has 0 aliphatic heterocycles. The number of nitrogens with two attached hydrogens (primary N) is 1. The maximum atomic E-state index is 11.3. The molecule has 0 aromatic rings. The van der Waals surface area contributed by atoms with Crippen LogP contribution in [0.2, 0.25) is 0 Å². The second-order valence-electron chi connectivity index (χ2n) is 1.42. The van der Waals surface area contributed by atoms with Gasteiger partial charge in [0.1, 0.15) is 0 Å². The first kappa shape index (κ1) is 10.0. The number of primary amides is 1. The van der Waals surface area contributed by atoms with Crippen LogP contribution >= 0.6 is 0 Å². The third-order valence-corrected chi connectivity index (χ3v) is 1.62. The van der Waals surface area contributed by atoms with Crippen LogP contribution in [0.1, 0.15) is 0 Å². The third kappa shape index (κ3) is 2.62. The largest absolute Gasteiger partial charge is 0.516 e. The van der Waals surface area contributed by atoms with Gasteiger partial charge in [0, 0.05) is 0 Å². The SMILES string of the molecule is NC(=O)NS(=O)(=O)C(F)(F)F. The average molecular weight is 192 g/mol. The van der Waals surface area contributed by atoms with Crippen LogP contribution in [-0.2, 0) is 10.0 Å². The molecule has 0 spiro atoms. The number of alkyl halides is 3. The summed E-state index contributed by atoms with van der Waals surface area (Å²) in [6, 6.07) is -1.78. The smallest absolute Gasteiger partial charge is 0.351 e. The maximum absolute atomic E-state index is 11.3. The zero-order valence-corrected chi connectivity index (χ0v) is 5.66. The Bertz CT molecular complexity index is 254. The van der Waals surface area contributed by atoms with Gasteiger partial charge in [-0.2, -0.15) is 21.6 Å². The van der Waals surface area contributed by atoms with Crippen molar-refractivity contribution in [3.8, 4) is 0 Å². The molecule has 0 aromatic heterocycles. The normalized spacial score (nSPS) is 12.6. The van der Waals surface area contributed by atoms with E-state index in [-0.39, 0.29) is 0 Å². The topological polar surface area (TPSA) is 89.3 Å². The minimum Gasteiger partial charge on any atom is -0.351 e. The number of nitrogens with one attached hydrogen (secondary N) is 1. The first-order valence-electron chi connectivity index (χ1n) is 2.05. The van der Waals surface area contributed by atoms with Gasteiger partial charge in [0.2, 0.25) is 0 Å².